The second-order valence-corrected chi connectivity index (χ2v) is 8.44. The van der Waals surface area contributed by atoms with Gasteiger partial charge >= 0.3 is 5.69 Å². The van der Waals surface area contributed by atoms with Crippen LogP contribution in [0.15, 0.2) is 21.7 Å². The van der Waals surface area contributed by atoms with Crippen LogP contribution in [0.5, 0.6) is 5.75 Å². The van der Waals surface area contributed by atoms with Crippen molar-refractivity contribution >= 4 is 16.6 Å². The summed E-state index contributed by atoms with van der Waals surface area (Å²) in [6.45, 7) is 6.91. The number of nitrogen functional groups attached to an aromatic ring is 1. The maximum absolute atomic E-state index is 12.8. The van der Waals surface area contributed by atoms with E-state index < -0.39 is 11.2 Å². The van der Waals surface area contributed by atoms with Crippen molar-refractivity contribution in [2.24, 2.45) is 17.6 Å². The monoisotopic (exact) mass is 417 g/mol. The molecule has 3 atom stereocenters. The number of hydrogen-bond donors (Lipinski definition) is 2. The van der Waals surface area contributed by atoms with Crippen molar-refractivity contribution in [3.8, 4) is 5.75 Å². The van der Waals surface area contributed by atoms with Gasteiger partial charge < -0.3 is 25.9 Å². The van der Waals surface area contributed by atoms with Crippen LogP contribution in [0.1, 0.15) is 32.7 Å². The minimum atomic E-state index is -0.511. The van der Waals surface area contributed by atoms with Crippen molar-refractivity contribution < 1.29 is 9.47 Å². The van der Waals surface area contributed by atoms with E-state index in [2.05, 4.69) is 11.8 Å². The quantitative estimate of drug-likeness (QED) is 0.635. The van der Waals surface area contributed by atoms with E-state index in [0.717, 1.165) is 31.6 Å². The molecular weight excluding hydrogens is 386 g/mol. The summed E-state index contributed by atoms with van der Waals surface area (Å²) in [6.07, 6.45) is 1.77. The lowest BCUT2D eigenvalue weighted by Crippen LogP contribution is -2.44. The number of hydrogen-bond acceptors (Lipinski definition) is 7. The number of nitrogens with two attached hydrogens (primary N) is 2. The average molecular weight is 418 g/mol. The van der Waals surface area contributed by atoms with Gasteiger partial charge in [-0.1, -0.05) is 6.92 Å². The van der Waals surface area contributed by atoms with Crippen molar-refractivity contribution in [3.05, 3.63) is 33.0 Å². The van der Waals surface area contributed by atoms with Crippen molar-refractivity contribution in [1.82, 2.24) is 9.24 Å². The van der Waals surface area contributed by atoms with E-state index >= 15 is 0 Å². The average Bonchev–Trinajstić information content (AvgIpc) is 3.50. The van der Waals surface area contributed by atoms with Crippen LogP contribution in [0, 0.1) is 11.8 Å². The lowest BCUT2D eigenvalue weighted by atomic mass is 9.91. The van der Waals surface area contributed by atoms with Crippen LogP contribution in [-0.2, 0) is 4.74 Å². The fraction of sp³-hybridized carbons (Fsp3) is 0.619. The topological polar surface area (TPSA) is 118 Å². The Kier molecular flexibility index (Phi) is 5.50. The summed E-state index contributed by atoms with van der Waals surface area (Å²) in [6, 6.07) is 3.62. The molecule has 2 aromatic rings. The minimum absolute atomic E-state index is 0.0458. The first-order chi connectivity index (χ1) is 14.4. The molecule has 164 valence electrons. The summed E-state index contributed by atoms with van der Waals surface area (Å²) < 4.78 is 13.6. The molecule has 1 aromatic heterocycles. The largest absolute Gasteiger partial charge is 0.492 e. The third-order valence-corrected chi connectivity index (χ3v) is 6.40. The highest BCUT2D eigenvalue weighted by Gasteiger charge is 2.36. The molecule has 0 radical (unpaired) electrons. The van der Waals surface area contributed by atoms with Crippen LogP contribution in [0.2, 0.25) is 0 Å². The summed E-state index contributed by atoms with van der Waals surface area (Å²) in [4.78, 5) is 27.7. The standard InChI is InChI=1S/C21H31N5O4/c1-4-30-11-16(22)15-10-24(9-12(15)2)17-8-7-14-18(19(17)29-3)25(13-5-6-13)21(28)26(23)20(14)27/h7-8,12-13,15-16H,4-6,9-11,22-23H2,1-3H3/t12-,15+,16+/m1/s1. The van der Waals surface area contributed by atoms with E-state index in [1.807, 2.05) is 13.0 Å². The molecule has 2 heterocycles. The lowest BCUT2D eigenvalue weighted by Gasteiger charge is -2.25. The van der Waals surface area contributed by atoms with Gasteiger partial charge in [-0.25, -0.2) is 4.79 Å². The van der Waals surface area contributed by atoms with Crippen LogP contribution >= 0.6 is 0 Å². The van der Waals surface area contributed by atoms with Gasteiger partial charge in [-0.3, -0.25) is 9.36 Å². The number of benzene rings is 1. The Labute approximate surface area is 175 Å². The van der Waals surface area contributed by atoms with Gasteiger partial charge in [0.05, 0.1) is 24.8 Å². The normalized spacial score (nSPS) is 22.6. The summed E-state index contributed by atoms with van der Waals surface area (Å²) in [5.74, 6) is 6.97. The SMILES string of the molecule is CCOC[C@H](N)[C@H]1CN(c2ccc3c(=O)n(N)c(=O)n(C4CC4)c3c2OC)C[C@H]1C. The molecule has 1 saturated heterocycles. The highest BCUT2D eigenvalue weighted by molar-refractivity contribution is 5.90. The summed E-state index contributed by atoms with van der Waals surface area (Å²) >= 11 is 0. The van der Waals surface area contributed by atoms with Gasteiger partial charge in [0.25, 0.3) is 5.56 Å². The molecule has 2 aliphatic rings. The van der Waals surface area contributed by atoms with E-state index in [4.69, 9.17) is 21.1 Å². The molecule has 2 fully saturated rings. The molecule has 4 N–H and O–H groups in total. The third kappa shape index (κ3) is 3.35. The highest BCUT2D eigenvalue weighted by Crippen LogP contribution is 2.42. The van der Waals surface area contributed by atoms with Crippen LogP contribution in [0.25, 0.3) is 10.9 Å². The molecule has 9 heteroatoms. The van der Waals surface area contributed by atoms with Crippen LogP contribution in [0.4, 0.5) is 5.69 Å². The predicted molar refractivity (Wildman–Crippen MR) is 117 cm³/mol. The molecule has 1 aromatic carbocycles. The Hall–Kier alpha value is -2.52. The van der Waals surface area contributed by atoms with Gasteiger partial charge in [0.1, 0.15) is 5.52 Å². The van der Waals surface area contributed by atoms with Crippen molar-refractivity contribution in [2.75, 3.05) is 44.2 Å². The first-order valence-electron chi connectivity index (χ1n) is 10.6. The Balaban J connectivity index is 1.80. The number of methoxy groups -OCH3 is 1. The maximum Gasteiger partial charge on any atom is 0.350 e. The molecule has 0 spiro atoms. The molecule has 30 heavy (non-hydrogen) atoms. The zero-order chi connectivity index (χ0) is 21.6. The van der Waals surface area contributed by atoms with Crippen LogP contribution in [-0.4, -0.2) is 48.7 Å². The molecule has 0 amide bonds. The Morgan fingerprint density at radius 3 is 2.60 bits per heavy atom. The zero-order valence-corrected chi connectivity index (χ0v) is 17.8. The van der Waals surface area contributed by atoms with E-state index in [-0.39, 0.29) is 18.0 Å². The first-order valence-corrected chi connectivity index (χ1v) is 10.6. The molecule has 1 saturated carbocycles. The summed E-state index contributed by atoms with van der Waals surface area (Å²) in [5.41, 5.74) is 6.78. The third-order valence-electron chi connectivity index (χ3n) is 6.40. The Bertz CT molecular complexity index is 1060. The van der Waals surface area contributed by atoms with Gasteiger partial charge in [-0.2, -0.15) is 4.68 Å². The van der Waals surface area contributed by atoms with Crippen LogP contribution in [0.3, 0.4) is 0 Å². The van der Waals surface area contributed by atoms with E-state index in [9.17, 15) is 9.59 Å². The van der Waals surface area contributed by atoms with Crippen LogP contribution < -0.4 is 32.5 Å². The highest BCUT2D eigenvalue weighted by atomic mass is 16.5. The van der Waals surface area contributed by atoms with E-state index in [1.54, 1.807) is 17.7 Å². The summed E-state index contributed by atoms with van der Waals surface area (Å²) in [7, 11) is 1.58. The van der Waals surface area contributed by atoms with Gasteiger partial charge in [-0.15, -0.1) is 0 Å². The molecule has 9 nitrogen and oxygen atoms in total. The Morgan fingerprint density at radius 2 is 1.97 bits per heavy atom. The van der Waals surface area contributed by atoms with Gasteiger partial charge in [0.15, 0.2) is 5.75 Å². The first kappa shape index (κ1) is 20.7. The molecule has 1 aliphatic carbocycles. The second-order valence-electron chi connectivity index (χ2n) is 8.44. The van der Waals surface area contributed by atoms with Gasteiger partial charge in [0.2, 0.25) is 0 Å². The van der Waals surface area contributed by atoms with Crippen molar-refractivity contribution in [3.63, 3.8) is 0 Å². The van der Waals surface area contributed by atoms with Crippen molar-refractivity contribution in [1.29, 1.82) is 0 Å². The minimum Gasteiger partial charge on any atom is -0.492 e. The van der Waals surface area contributed by atoms with Gasteiger partial charge in [-0.05, 0) is 43.7 Å². The molecule has 0 bridgehead atoms. The maximum atomic E-state index is 12.8. The zero-order valence-electron chi connectivity index (χ0n) is 17.8. The fourth-order valence-electron chi connectivity index (χ4n) is 4.65. The molecule has 1 aliphatic heterocycles. The number of rotatable bonds is 7. The summed E-state index contributed by atoms with van der Waals surface area (Å²) in [5, 5.41) is 0.390. The number of fused-ring (bicyclic) bond motifs is 1. The second kappa shape index (κ2) is 7.96. The number of ether oxygens (including phenoxy) is 2. The molecule has 4 rings (SSSR count). The predicted octanol–water partition coefficient (Wildman–Crippen LogP) is 0.657. The molecular formula is C21H31N5O4. The van der Waals surface area contributed by atoms with E-state index in [0.29, 0.717) is 40.5 Å². The fourth-order valence-corrected chi connectivity index (χ4v) is 4.65. The molecule has 0 unspecified atom stereocenters. The Morgan fingerprint density at radius 1 is 1.23 bits per heavy atom. The number of aromatic nitrogens is 2. The van der Waals surface area contributed by atoms with E-state index in [1.165, 1.54) is 0 Å². The number of anilines is 1. The van der Waals surface area contributed by atoms with Gasteiger partial charge in [0, 0.05) is 31.8 Å². The lowest BCUT2D eigenvalue weighted by molar-refractivity contribution is 0.113. The number of nitrogens with zero attached hydrogens (tertiary/aromatic N) is 3. The van der Waals surface area contributed by atoms with Crippen molar-refractivity contribution in [2.45, 2.75) is 38.8 Å². The smallest absolute Gasteiger partial charge is 0.350 e.